The van der Waals surface area contributed by atoms with E-state index in [1.54, 1.807) is 6.07 Å². The summed E-state index contributed by atoms with van der Waals surface area (Å²) in [7, 11) is 3.85. The van der Waals surface area contributed by atoms with Crippen LogP contribution >= 0.6 is 0 Å². The molecule has 0 fully saturated rings. The number of hydrogen-bond donors (Lipinski definition) is 1. The van der Waals surface area contributed by atoms with E-state index in [1.807, 2.05) is 100 Å². The highest BCUT2D eigenvalue weighted by molar-refractivity contribution is 6.46. The molecule has 1 N–H and O–H groups in total. The molecular weight excluding hydrogens is 398 g/mol. The smallest absolute Gasteiger partial charge is 0.282 e. The van der Waals surface area contributed by atoms with Gasteiger partial charge in [0.25, 0.3) is 11.8 Å². The van der Waals surface area contributed by atoms with Crippen LogP contribution in [0.15, 0.2) is 72.4 Å². The van der Waals surface area contributed by atoms with Gasteiger partial charge >= 0.3 is 0 Å². The lowest BCUT2D eigenvalue weighted by molar-refractivity contribution is -0.120. The van der Waals surface area contributed by atoms with Gasteiger partial charge in [0.15, 0.2) is 0 Å². The van der Waals surface area contributed by atoms with Crippen molar-refractivity contribution in [3.63, 3.8) is 0 Å². The zero-order valence-corrected chi connectivity index (χ0v) is 19.1. The van der Waals surface area contributed by atoms with Crippen molar-refractivity contribution in [3.8, 4) is 0 Å². The molecule has 162 valence electrons. The molecule has 0 saturated heterocycles. The molecule has 1 heterocycles. The van der Waals surface area contributed by atoms with Crippen LogP contribution in [0.3, 0.4) is 0 Å². The first-order chi connectivity index (χ1) is 15.3. The van der Waals surface area contributed by atoms with Crippen molar-refractivity contribution in [2.75, 3.05) is 29.2 Å². The monoisotopic (exact) mass is 425 g/mol. The van der Waals surface area contributed by atoms with Gasteiger partial charge < -0.3 is 10.2 Å². The number of nitrogens with zero attached hydrogens (tertiary/aromatic N) is 2. The summed E-state index contributed by atoms with van der Waals surface area (Å²) in [5.41, 5.74) is 6.91. The molecule has 0 spiro atoms. The molecule has 4 rings (SSSR count). The molecule has 0 radical (unpaired) electrons. The van der Waals surface area contributed by atoms with Gasteiger partial charge in [0.1, 0.15) is 5.70 Å². The normalized spacial score (nSPS) is 13.7. The maximum Gasteiger partial charge on any atom is 0.282 e. The molecule has 0 bridgehead atoms. The molecule has 0 aromatic heterocycles. The van der Waals surface area contributed by atoms with Crippen molar-refractivity contribution in [1.82, 2.24) is 0 Å². The van der Waals surface area contributed by atoms with E-state index < -0.39 is 0 Å². The first-order valence-electron chi connectivity index (χ1n) is 10.6. The van der Waals surface area contributed by atoms with Crippen molar-refractivity contribution in [2.45, 2.75) is 20.8 Å². The molecule has 0 saturated carbocycles. The molecule has 5 nitrogen and oxygen atoms in total. The molecule has 1 aliphatic heterocycles. The molecular formula is C27H27N3O2. The summed E-state index contributed by atoms with van der Waals surface area (Å²) in [5, 5.41) is 3.29. The number of rotatable bonds is 5. The zero-order chi connectivity index (χ0) is 23.0. The Morgan fingerprint density at radius 3 is 2.19 bits per heavy atom. The van der Waals surface area contributed by atoms with Crippen LogP contribution in [-0.4, -0.2) is 25.9 Å². The first-order valence-corrected chi connectivity index (χ1v) is 10.6. The fraction of sp³-hybridized carbons (Fsp3) is 0.185. The zero-order valence-electron chi connectivity index (χ0n) is 19.1. The summed E-state index contributed by atoms with van der Waals surface area (Å²) >= 11 is 0. The maximum absolute atomic E-state index is 13.6. The summed E-state index contributed by atoms with van der Waals surface area (Å²) in [6.07, 6.45) is 0. The Balaban J connectivity index is 1.84. The van der Waals surface area contributed by atoms with Crippen LogP contribution < -0.4 is 15.1 Å². The Kier molecular flexibility index (Phi) is 5.57. The lowest BCUT2D eigenvalue weighted by Gasteiger charge is -2.19. The van der Waals surface area contributed by atoms with Crippen LogP contribution in [-0.2, 0) is 9.59 Å². The Hall–Kier alpha value is -3.86. The van der Waals surface area contributed by atoms with Crippen LogP contribution in [0.2, 0.25) is 0 Å². The first kappa shape index (κ1) is 21.4. The summed E-state index contributed by atoms with van der Waals surface area (Å²) in [4.78, 5) is 30.5. The minimum absolute atomic E-state index is 0.294. The molecule has 5 heteroatoms. The predicted molar refractivity (Wildman–Crippen MR) is 131 cm³/mol. The molecule has 32 heavy (non-hydrogen) atoms. The second-order valence-electron chi connectivity index (χ2n) is 8.35. The number of amides is 2. The molecule has 3 aromatic rings. The van der Waals surface area contributed by atoms with Gasteiger partial charge in [0.2, 0.25) is 0 Å². The van der Waals surface area contributed by atoms with E-state index in [-0.39, 0.29) is 11.8 Å². The second kappa shape index (κ2) is 8.35. The van der Waals surface area contributed by atoms with Crippen molar-refractivity contribution < 1.29 is 9.59 Å². The molecule has 0 atom stereocenters. The number of hydrogen-bond acceptors (Lipinski definition) is 4. The fourth-order valence-corrected chi connectivity index (χ4v) is 3.80. The van der Waals surface area contributed by atoms with E-state index in [1.165, 1.54) is 4.90 Å². The van der Waals surface area contributed by atoms with Gasteiger partial charge in [-0.1, -0.05) is 48.0 Å². The minimum Gasteiger partial charge on any atom is -0.378 e. The topological polar surface area (TPSA) is 52.7 Å². The van der Waals surface area contributed by atoms with Crippen molar-refractivity contribution >= 4 is 34.4 Å². The molecule has 3 aromatic carbocycles. The summed E-state index contributed by atoms with van der Waals surface area (Å²) in [6.45, 7) is 6.02. The third-order valence-electron chi connectivity index (χ3n) is 5.89. The van der Waals surface area contributed by atoms with Crippen LogP contribution in [0, 0.1) is 20.8 Å². The van der Waals surface area contributed by atoms with Crippen LogP contribution in [0.25, 0.3) is 5.57 Å². The van der Waals surface area contributed by atoms with Crippen LogP contribution in [0.5, 0.6) is 0 Å². The molecule has 0 aliphatic carbocycles. The largest absolute Gasteiger partial charge is 0.378 e. The van der Waals surface area contributed by atoms with E-state index in [0.717, 1.165) is 28.1 Å². The molecule has 0 unspecified atom stereocenters. The third-order valence-corrected chi connectivity index (χ3v) is 5.89. The van der Waals surface area contributed by atoms with Gasteiger partial charge in [-0.2, -0.15) is 0 Å². The van der Waals surface area contributed by atoms with Gasteiger partial charge in [-0.15, -0.1) is 0 Å². The summed E-state index contributed by atoms with van der Waals surface area (Å²) < 4.78 is 0. The Labute approximate surface area is 189 Å². The fourth-order valence-electron chi connectivity index (χ4n) is 3.80. The van der Waals surface area contributed by atoms with Crippen LogP contribution in [0.4, 0.5) is 17.1 Å². The number of aryl methyl sites for hydroxylation is 2. The Morgan fingerprint density at radius 1 is 0.812 bits per heavy atom. The SMILES string of the molecule is Cc1ccc(C2=C(Nc3cccc(C)c3C)C(=O)N(c3cccc(N(C)C)c3)C2=O)cc1. The van der Waals surface area contributed by atoms with E-state index >= 15 is 0 Å². The van der Waals surface area contributed by atoms with Crippen molar-refractivity contribution in [1.29, 1.82) is 0 Å². The lowest BCUT2D eigenvalue weighted by Crippen LogP contribution is -2.32. The maximum atomic E-state index is 13.6. The molecule has 2 amide bonds. The van der Waals surface area contributed by atoms with E-state index in [2.05, 4.69) is 5.32 Å². The van der Waals surface area contributed by atoms with E-state index in [9.17, 15) is 9.59 Å². The van der Waals surface area contributed by atoms with Crippen molar-refractivity contribution in [2.24, 2.45) is 0 Å². The van der Waals surface area contributed by atoms with Gasteiger partial charge in [0, 0.05) is 25.5 Å². The van der Waals surface area contributed by atoms with Gasteiger partial charge in [-0.3, -0.25) is 9.59 Å². The molecule has 1 aliphatic rings. The Bertz CT molecular complexity index is 1240. The van der Waals surface area contributed by atoms with Gasteiger partial charge in [0.05, 0.1) is 11.3 Å². The highest BCUT2D eigenvalue weighted by atomic mass is 16.2. The number of carbonyl (C=O) groups excluding carboxylic acids is 2. The van der Waals surface area contributed by atoms with E-state index in [4.69, 9.17) is 0 Å². The summed E-state index contributed by atoms with van der Waals surface area (Å²) in [5.74, 6) is -0.690. The highest BCUT2D eigenvalue weighted by Crippen LogP contribution is 2.35. The number of carbonyl (C=O) groups is 2. The van der Waals surface area contributed by atoms with Crippen molar-refractivity contribution in [3.05, 3.63) is 94.7 Å². The number of nitrogens with one attached hydrogen (secondary N) is 1. The van der Waals surface area contributed by atoms with Gasteiger partial charge in [-0.05, 0) is 61.7 Å². The average Bonchev–Trinajstić information content (AvgIpc) is 3.01. The number of benzene rings is 3. The summed E-state index contributed by atoms with van der Waals surface area (Å²) in [6, 6.07) is 21.0. The number of anilines is 3. The van der Waals surface area contributed by atoms with Crippen LogP contribution in [0.1, 0.15) is 22.3 Å². The average molecular weight is 426 g/mol. The third kappa shape index (κ3) is 3.78. The standard InChI is InChI=1S/C27H27N3O2/c1-17-12-14-20(15-13-17)24-25(28-23-11-6-8-18(2)19(23)3)27(32)30(26(24)31)22-10-7-9-21(16-22)29(4)5/h6-16,28H,1-5H3. The lowest BCUT2D eigenvalue weighted by atomic mass is 10.0. The second-order valence-corrected chi connectivity index (χ2v) is 8.35. The number of imide groups is 1. The highest BCUT2D eigenvalue weighted by Gasteiger charge is 2.40. The van der Waals surface area contributed by atoms with Gasteiger partial charge in [-0.25, -0.2) is 4.90 Å². The quantitative estimate of drug-likeness (QED) is 0.580. The Morgan fingerprint density at radius 2 is 1.50 bits per heavy atom. The minimum atomic E-state index is -0.359. The van der Waals surface area contributed by atoms with E-state index in [0.29, 0.717) is 22.5 Å². The predicted octanol–water partition coefficient (Wildman–Crippen LogP) is 5.07.